The van der Waals surface area contributed by atoms with Crippen LogP contribution in [0.3, 0.4) is 0 Å². The molecule has 2 amide bonds. The van der Waals surface area contributed by atoms with Gasteiger partial charge >= 0.3 is 6.18 Å². The number of benzene rings is 2. The van der Waals surface area contributed by atoms with Crippen molar-refractivity contribution in [3.63, 3.8) is 0 Å². The van der Waals surface area contributed by atoms with Crippen LogP contribution in [-0.4, -0.2) is 33.3 Å². The summed E-state index contributed by atoms with van der Waals surface area (Å²) in [6, 6.07) is 11.8. The van der Waals surface area contributed by atoms with E-state index in [2.05, 4.69) is 50.7 Å². The van der Waals surface area contributed by atoms with E-state index in [1.165, 1.54) is 17.0 Å². The van der Waals surface area contributed by atoms with Gasteiger partial charge in [-0.25, -0.2) is 0 Å². The van der Waals surface area contributed by atoms with Gasteiger partial charge in [-0.2, -0.15) is 18.4 Å². The summed E-state index contributed by atoms with van der Waals surface area (Å²) in [4.78, 5) is 27.3. The van der Waals surface area contributed by atoms with E-state index in [0.29, 0.717) is 34.9 Å². The average molecular weight is 623 g/mol. The Bertz CT molecular complexity index is 1450. The normalized spacial score (nSPS) is 12.0. The van der Waals surface area contributed by atoms with Gasteiger partial charge in [-0.05, 0) is 72.7 Å². The van der Waals surface area contributed by atoms with E-state index in [1.54, 1.807) is 24.3 Å². The maximum atomic E-state index is 13.4. The number of amides is 2. The number of carbonyl (C=O) groups is 2. The molecule has 0 atom stereocenters. The zero-order valence-electron chi connectivity index (χ0n) is 23.1. The molecule has 218 valence electrons. The summed E-state index contributed by atoms with van der Waals surface area (Å²) in [5.74, 6) is -1.43. The molecular weight excluding hydrogens is 593 g/mol. The smallest absolute Gasteiger partial charge is 0.415 e. The van der Waals surface area contributed by atoms with E-state index in [0.717, 1.165) is 23.5 Å². The summed E-state index contributed by atoms with van der Waals surface area (Å²) in [5.41, 5.74) is -0.565. The predicted molar refractivity (Wildman–Crippen MR) is 159 cm³/mol. The van der Waals surface area contributed by atoms with Crippen molar-refractivity contribution in [1.29, 1.82) is 5.26 Å². The number of nitrogens with one attached hydrogen (secondary N) is 2. The van der Waals surface area contributed by atoms with Crippen LogP contribution in [-0.2, 0) is 10.6 Å². The molecule has 1 heterocycles. The number of nitriles is 1. The molecule has 0 spiro atoms. The molecule has 3 rings (SSSR count). The molecule has 0 unspecified atom stereocenters. The lowest BCUT2D eigenvalue weighted by Gasteiger charge is -2.36. The van der Waals surface area contributed by atoms with E-state index < -0.39 is 31.9 Å². The Morgan fingerprint density at radius 2 is 1.68 bits per heavy atom. The Labute approximate surface area is 247 Å². The molecule has 0 bridgehead atoms. The zero-order valence-corrected chi connectivity index (χ0v) is 25.7. The molecular formula is C28H30ClF3N4O3SSi. The van der Waals surface area contributed by atoms with Crippen LogP contribution in [0.25, 0.3) is 0 Å². The fourth-order valence-corrected chi connectivity index (χ4v) is 5.38. The minimum atomic E-state index is -4.68. The molecule has 13 heteroatoms. The van der Waals surface area contributed by atoms with Gasteiger partial charge in [-0.3, -0.25) is 14.5 Å². The fraction of sp³-hybridized carbons (Fsp3) is 0.321. The number of anilines is 3. The topological polar surface area (TPSA) is 94.5 Å². The summed E-state index contributed by atoms with van der Waals surface area (Å²) in [7, 11) is -1.97. The van der Waals surface area contributed by atoms with Gasteiger partial charge in [0.05, 0.1) is 44.9 Å². The van der Waals surface area contributed by atoms with Gasteiger partial charge in [0.25, 0.3) is 11.8 Å². The summed E-state index contributed by atoms with van der Waals surface area (Å²) in [6.45, 7) is 11.4. The summed E-state index contributed by atoms with van der Waals surface area (Å²) in [6.07, 6.45) is -2.55. The Kier molecular flexibility index (Phi) is 9.92. The lowest BCUT2D eigenvalue weighted by molar-refractivity contribution is -0.137. The lowest BCUT2D eigenvalue weighted by Crippen LogP contribution is -2.42. The summed E-state index contributed by atoms with van der Waals surface area (Å²) in [5, 5.41) is 14.7. The van der Waals surface area contributed by atoms with Gasteiger partial charge in [-0.1, -0.05) is 32.4 Å². The third-order valence-corrected chi connectivity index (χ3v) is 12.5. The molecule has 0 saturated heterocycles. The minimum Gasteiger partial charge on any atom is -0.415 e. The zero-order chi connectivity index (χ0) is 30.6. The largest absolute Gasteiger partial charge is 0.416 e. The highest BCUT2D eigenvalue weighted by Crippen LogP contribution is 2.36. The Morgan fingerprint density at radius 1 is 1.02 bits per heavy atom. The molecule has 41 heavy (non-hydrogen) atoms. The van der Waals surface area contributed by atoms with Gasteiger partial charge in [0.15, 0.2) is 14.5 Å². The van der Waals surface area contributed by atoms with Crippen LogP contribution in [0.2, 0.25) is 22.5 Å². The number of halogens is 4. The SMILES string of the molecule is CC(C)(C)[Si](C)(C)OCCN(C#N)c1ccc(NC(=O)c2ccc(C(F)(F)F)cc2NC(=O)c2ccc(Cl)s2)cc1. The highest BCUT2D eigenvalue weighted by atomic mass is 35.5. The third kappa shape index (κ3) is 8.33. The van der Waals surface area contributed by atoms with Crippen LogP contribution in [0.4, 0.5) is 30.2 Å². The summed E-state index contributed by atoms with van der Waals surface area (Å²) >= 11 is 6.82. The molecule has 0 fully saturated rings. The van der Waals surface area contributed by atoms with Gasteiger partial charge in [0, 0.05) is 5.69 Å². The molecule has 7 nitrogen and oxygen atoms in total. The minimum absolute atomic E-state index is 0.0394. The molecule has 1 aromatic heterocycles. The van der Waals surface area contributed by atoms with Crippen LogP contribution >= 0.6 is 22.9 Å². The average Bonchev–Trinajstić information content (AvgIpc) is 3.32. The van der Waals surface area contributed by atoms with Crippen molar-refractivity contribution in [2.45, 2.75) is 45.1 Å². The first-order valence-corrected chi connectivity index (χ1v) is 16.6. The van der Waals surface area contributed by atoms with E-state index in [9.17, 15) is 28.0 Å². The van der Waals surface area contributed by atoms with Gasteiger partial charge in [0.1, 0.15) is 0 Å². The first-order chi connectivity index (χ1) is 19.0. The number of carbonyl (C=O) groups excluding carboxylic acids is 2. The molecule has 0 aliphatic rings. The van der Waals surface area contributed by atoms with E-state index in [1.807, 2.05) is 0 Å². The fourth-order valence-electron chi connectivity index (χ4n) is 3.41. The molecule has 2 N–H and O–H groups in total. The Hall–Kier alpha value is -3.37. The number of alkyl halides is 3. The van der Waals surface area contributed by atoms with Crippen LogP contribution in [0.5, 0.6) is 0 Å². The monoisotopic (exact) mass is 622 g/mol. The third-order valence-electron chi connectivity index (χ3n) is 6.78. The molecule has 0 saturated carbocycles. The molecule has 3 aromatic rings. The van der Waals surface area contributed by atoms with Crippen molar-refractivity contribution in [1.82, 2.24) is 0 Å². The lowest BCUT2D eigenvalue weighted by atomic mass is 10.1. The highest BCUT2D eigenvalue weighted by Gasteiger charge is 2.37. The van der Waals surface area contributed by atoms with Gasteiger partial charge in [-0.15, -0.1) is 11.3 Å². The standard InChI is InChI=1S/C28H30ClF3N4O3SSi/c1-27(2,3)41(4,5)39-15-14-36(17-33)20-9-7-19(8-10-20)34-25(37)21-11-6-18(28(30,31)32)16-22(21)35-26(38)23-12-13-24(29)40-23/h6-13,16H,14-15H2,1-5H3,(H,34,37)(H,35,38). The maximum Gasteiger partial charge on any atom is 0.416 e. The highest BCUT2D eigenvalue weighted by molar-refractivity contribution is 7.18. The van der Waals surface area contributed by atoms with Crippen LogP contribution in [0, 0.1) is 11.5 Å². The van der Waals surface area contributed by atoms with E-state index in [4.69, 9.17) is 16.0 Å². The maximum absolute atomic E-state index is 13.4. The predicted octanol–water partition coefficient (Wildman–Crippen LogP) is 8.23. The molecule has 0 radical (unpaired) electrons. The Balaban J connectivity index is 1.75. The van der Waals surface area contributed by atoms with E-state index in [-0.39, 0.29) is 21.2 Å². The van der Waals surface area contributed by atoms with Crippen molar-refractivity contribution >= 4 is 60.1 Å². The first-order valence-electron chi connectivity index (χ1n) is 12.5. The van der Waals surface area contributed by atoms with E-state index >= 15 is 0 Å². The van der Waals surface area contributed by atoms with Gasteiger partial charge < -0.3 is 15.1 Å². The van der Waals surface area contributed by atoms with Gasteiger partial charge in [0.2, 0.25) is 0 Å². The summed E-state index contributed by atoms with van der Waals surface area (Å²) < 4.78 is 46.6. The molecule has 0 aliphatic carbocycles. The van der Waals surface area contributed by atoms with Crippen molar-refractivity contribution < 1.29 is 27.2 Å². The number of rotatable bonds is 9. The van der Waals surface area contributed by atoms with Crippen LogP contribution < -0.4 is 15.5 Å². The Morgan fingerprint density at radius 3 is 2.22 bits per heavy atom. The van der Waals surface area contributed by atoms with Crippen LogP contribution in [0.1, 0.15) is 46.4 Å². The van der Waals surface area contributed by atoms with Crippen molar-refractivity contribution in [2.75, 3.05) is 28.7 Å². The second kappa shape index (κ2) is 12.6. The quantitative estimate of drug-likeness (QED) is 0.142. The number of hydrogen-bond acceptors (Lipinski definition) is 6. The van der Waals surface area contributed by atoms with Crippen molar-refractivity contribution in [3.8, 4) is 6.19 Å². The number of nitrogens with zero attached hydrogens (tertiary/aromatic N) is 2. The first kappa shape index (κ1) is 32.1. The van der Waals surface area contributed by atoms with Crippen molar-refractivity contribution in [2.24, 2.45) is 0 Å². The number of thiophene rings is 1. The van der Waals surface area contributed by atoms with Crippen molar-refractivity contribution in [3.05, 3.63) is 74.9 Å². The second-order valence-electron chi connectivity index (χ2n) is 10.7. The molecule has 0 aliphatic heterocycles. The number of hydrogen-bond donors (Lipinski definition) is 2. The second-order valence-corrected chi connectivity index (χ2v) is 17.2. The molecule has 2 aromatic carbocycles. The van der Waals surface area contributed by atoms with Crippen LogP contribution in [0.15, 0.2) is 54.6 Å².